The van der Waals surface area contributed by atoms with Gasteiger partial charge in [0.1, 0.15) is 5.75 Å². The molecule has 0 bridgehead atoms. The van der Waals surface area contributed by atoms with Crippen molar-refractivity contribution < 1.29 is 9.53 Å². The average Bonchev–Trinajstić information content (AvgIpc) is 2.80. The van der Waals surface area contributed by atoms with Crippen molar-refractivity contribution in [1.29, 1.82) is 0 Å². The molecule has 0 fully saturated rings. The van der Waals surface area contributed by atoms with Crippen LogP contribution in [-0.4, -0.2) is 27.5 Å². The van der Waals surface area contributed by atoms with Crippen LogP contribution in [0.5, 0.6) is 5.75 Å². The van der Waals surface area contributed by atoms with E-state index in [0.717, 1.165) is 22.4 Å². The second-order valence-corrected chi connectivity index (χ2v) is 7.33. The molecule has 0 aliphatic heterocycles. The van der Waals surface area contributed by atoms with Crippen LogP contribution in [0.3, 0.4) is 0 Å². The maximum absolute atomic E-state index is 12.5. The van der Waals surface area contributed by atoms with E-state index in [4.69, 9.17) is 4.74 Å². The van der Waals surface area contributed by atoms with Gasteiger partial charge in [-0.2, -0.15) is 0 Å². The Kier molecular flexibility index (Phi) is 6.36. The van der Waals surface area contributed by atoms with Gasteiger partial charge in [-0.1, -0.05) is 18.2 Å². The zero-order valence-electron chi connectivity index (χ0n) is 17.9. The fourth-order valence-electron chi connectivity index (χ4n) is 3.13. The molecule has 0 spiro atoms. The molecule has 0 saturated carbocycles. The Labute approximate surface area is 186 Å². The molecule has 1 amide bonds. The Bertz CT molecular complexity index is 1230. The summed E-state index contributed by atoms with van der Waals surface area (Å²) in [6.45, 7) is 3.86. The first-order valence-electron chi connectivity index (χ1n) is 10.2. The zero-order chi connectivity index (χ0) is 22.3. The number of carbonyl (C=O) groups is 1. The molecule has 2 aromatic heterocycles. The van der Waals surface area contributed by atoms with E-state index in [1.807, 2.05) is 74.5 Å². The maximum atomic E-state index is 12.5. The number of carbonyl (C=O) groups excluding carboxylic acids is 1. The molecule has 0 aliphatic rings. The molecular formula is C25H23N5O2. The molecule has 4 aromatic rings. The summed E-state index contributed by atoms with van der Waals surface area (Å²) in [6.07, 6.45) is 5.15. The quantitative estimate of drug-likeness (QED) is 0.437. The van der Waals surface area contributed by atoms with Gasteiger partial charge in [-0.25, -0.2) is 9.97 Å². The molecule has 2 heterocycles. The van der Waals surface area contributed by atoms with E-state index >= 15 is 0 Å². The van der Waals surface area contributed by atoms with Crippen molar-refractivity contribution >= 4 is 23.2 Å². The number of nitrogens with zero attached hydrogens (tertiary/aromatic N) is 3. The second kappa shape index (κ2) is 9.70. The van der Waals surface area contributed by atoms with E-state index in [-0.39, 0.29) is 12.5 Å². The van der Waals surface area contributed by atoms with Gasteiger partial charge in [0.05, 0.1) is 17.1 Å². The highest BCUT2D eigenvalue weighted by atomic mass is 16.5. The van der Waals surface area contributed by atoms with E-state index in [0.29, 0.717) is 23.1 Å². The lowest BCUT2D eigenvalue weighted by molar-refractivity contribution is -0.118. The van der Waals surface area contributed by atoms with Crippen molar-refractivity contribution in [2.45, 2.75) is 13.8 Å². The number of benzene rings is 2. The van der Waals surface area contributed by atoms with Gasteiger partial charge in [-0.05, 0) is 67.4 Å². The standard InChI is InChI=1S/C25H23N5O2/c1-17-5-3-7-20(13-17)32-16-24(31)28-22-9-8-18(2)14-23(22)30-25-27-12-10-21(29-25)19-6-4-11-26-15-19/h3-15H,16H2,1-2H3,(H,28,31)(H,27,29,30). The van der Waals surface area contributed by atoms with Gasteiger partial charge in [-0.3, -0.25) is 9.78 Å². The summed E-state index contributed by atoms with van der Waals surface area (Å²) >= 11 is 0. The number of ether oxygens (including phenoxy) is 1. The highest BCUT2D eigenvalue weighted by Gasteiger charge is 2.11. The number of nitrogens with one attached hydrogen (secondary N) is 2. The van der Waals surface area contributed by atoms with Crippen molar-refractivity contribution in [3.63, 3.8) is 0 Å². The van der Waals surface area contributed by atoms with Gasteiger partial charge in [0.25, 0.3) is 5.91 Å². The topological polar surface area (TPSA) is 89.0 Å². The molecular weight excluding hydrogens is 402 g/mol. The summed E-state index contributed by atoms with van der Waals surface area (Å²) in [4.78, 5) is 25.5. The number of aryl methyl sites for hydroxylation is 2. The second-order valence-electron chi connectivity index (χ2n) is 7.33. The first-order valence-corrected chi connectivity index (χ1v) is 10.2. The summed E-state index contributed by atoms with van der Waals surface area (Å²) in [5.74, 6) is 0.815. The Morgan fingerprint density at radius 1 is 0.938 bits per heavy atom. The molecule has 0 unspecified atom stereocenters. The molecule has 0 atom stereocenters. The van der Waals surface area contributed by atoms with Crippen LogP contribution >= 0.6 is 0 Å². The molecule has 32 heavy (non-hydrogen) atoms. The van der Waals surface area contributed by atoms with E-state index < -0.39 is 0 Å². The van der Waals surface area contributed by atoms with Crippen LogP contribution in [0, 0.1) is 13.8 Å². The maximum Gasteiger partial charge on any atom is 0.262 e. The third kappa shape index (κ3) is 5.46. The van der Waals surface area contributed by atoms with E-state index in [2.05, 4.69) is 25.6 Å². The van der Waals surface area contributed by atoms with Crippen LogP contribution in [0.1, 0.15) is 11.1 Å². The van der Waals surface area contributed by atoms with Gasteiger partial charge in [0.15, 0.2) is 6.61 Å². The van der Waals surface area contributed by atoms with Crippen molar-refractivity contribution in [2.75, 3.05) is 17.2 Å². The van der Waals surface area contributed by atoms with Crippen LogP contribution in [0.2, 0.25) is 0 Å². The summed E-state index contributed by atoms with van der Waals surface area (Å²) in [5, 5.41) is 6.11. The molecule has 2 N–H and O–H groups in total. The Morgan fingerprint density at radius 3 is 2.62 bits per heavy atom. The first kappa shape index (κ1) is 21.0. The minimum Gasteiger partial charge on any atom is -0.484 e. The van der Waals surface area contributed by atoms with Gasteiger partial charge in [-0.15, -0.1) is 0 Å². The fraction of sp³-hybridized carbons (Fsp3) is 0.120. The van der Waals surface area contributed by atoms with Crippen molar-refractivity contribution in [1.82, 2.24) is 15.0 Å². The smallest absolute Gasteiger partial charge is 0.262 e. The Hall–Kier alpha value is -4.26. The minimum absolute atomic E-state index is 0.0935. The third-order valence-corrected chi connectivity index (χ3v) is 4.67. The normalized spacial score (nSPS) is 10.4. The molecule has 4 rings (SSSR count). The summed E-state index contributed by atoms with van der Waals surface area (Å²) < 4.78 is 5.60. The van der Waals surface area contributed by atoms with Crippen LogP contribution < -0.4 is 15.4 Å². The fourth-order valence-corrected chi connectivity index (χ4v) is 3.13. The van der Waals surface area contributed by atoms with Gasteiger partial charge in [0.2, 0.25) is 5.95 Å². The van der Waals surface area contributed by atoms with E-state index in [1.165, 1.54) is 0 Å². The van der Waals surface area contributed by atoms with Crippen LogP contribution in [0.15, 0.2) is 79.3 Å². The van der Waals surface area contributed by atoms with E-state index in [1.54, 1.807) is 18.6 Å². The molecule has 0 radical (unpaired) electrons. The summed E-state index contributed by atoms with van der Waals surface area (Å²) in [5.41, 5.74) is 5.05. The molecule has 7 heteroatoms. The number of hydrogen-bond acceptors (Lipinski definition) is 6. The monoisotopic (exact) mass is 425 g/mol. The lowest BCUT2D eigenvalue weighted by Gasteiger charge is -2.14. The molecule has 0 saturated heterocycles. The van der Waals surface area contributed by atoms with Crippen molar-refractivity contribution in [2.24, 2.45) is 0 Å². The SMILES string of the molecule is Cc1cccc(OCC(=O)Nc2ccc(C)cc2Nc2nccc(-c3cccnc3)n2)c1. The van der Waals surface area contributed by atoms with Crippen LogP contribution in [0.4, 0.5) is 17.3 Å². The van der Waals surface area contributed by atoms with Gasteiger partial charge >= 0.3 is 0 Å². The number of amides is 1. The Balaban J connectivity index is 1.48. The first-order chi connectivity index (χ1) is 15.6. The average molecular weight is 425 g/mol. The summed E-state index contributed by atoms with van der Waals surface area (Å²) in [6, 6.07) is 18.9. The molecule has 2 aromatic carbocycles. The number of anilines is 3. The number of hydrogen-bond donors (Lipinski definition) is 2. The van der Waals surface area contributed by atoms with Gasteiger partial charge in [0, 0.05) is 24.2 Å². The highest BCUT2D eigenvalue weighted by molar-refractivity contribution is 5.95. The predicted octanol–water partition coefficient (Wildman–Crippen LogP) is 4.92. The lowest BCUT2D eigenvalue weighted by atomic mass is 10.2. The number of rotatable bonds is 7. The molecule has 7 nitrogen and oxygen atoms in total. The number of pyridine rings is 1. The molecule has 0 aliphatic carbocycles. The number of aromatic nitrogens is 3. The van der Waals surface area contributed by atoms with Gasteiger partial charge < -0.3 is 15.4 Å². The van der Waals surface area contributed by atoms with Crippen LogP contribution in [0.25, 0.3) is 11.3 Å². The minimum atomic E-state index is -0.261. The van der Waals surface area contributed by atoms with Crippen molar-refractivity contribution in [3.05, 3.63) is 90.4 Å². The summed E-state index contributed by atoms with van der Waals surface area (Å²) in [7, 11) is 0. The zero-order valence-corrected chi connectivity index (χ0v) is 17.9. The third-order valence-electron chi connectivity index (χ3n) is 4.67. The lowest BCUT2D eigenvalue weighted by Crippen LogP contribution is -2.20. The Morgan fingerprint density at radius 2 is 1.81 bits per heavy atom. The van der Waals surface area contributed by atoms with E-state index in [9.17, 15) is 4.79 Å². The highest BCUT2D eigenvalue weighted by Crippen LogP contribution is 2.26. The molecule has 160 valence electrons. The predicted molar refractivity (Wildman–Crippen MR) is 125 cm³/mol. The van der Waals surface area contributed by atoms with Crippen molar-refractivity contribution in [3.8, 4) is 17.0 Å². The largest absolute Gasteiger partial charge is 0.484 e. The van der Waals surface area contributed by atoms with Crippen LogP contribution in [-0.2, 0) is 4.79 Å².